The van der Waals surface area contributed by atoms with E-state index in [-0.39, 0.29) is 29.3 Å². The van der Waals surface area contributed by atoms with Crippen molar-refractivity contribution in [1.82, 2.24) is 4.90 Å². The van der Waals surface area contributed by atoms with Crippen LogP contribution in [0.2, 0.25) is 0 Å². The highest BCUT2D eigenvalue weighted by molar-refractivity contribution is 6.02. The van der Waals surface area contributed by atoms with Crippen LogP contribution in [0.25, 0.3) is 0 Å². The number of carbonyl (C=O) groups excluding carboxylic acids is 1. The maximum Gasteiger partial charge on any atom is 0.270 e. The maximum absolute atomic E-state index is 11.7. The second-order valence-electron chi connectivity index (χ2n) is 3.69. The Morgan fingerprint density at radius 1 is 1.50 bits per heavy atom. The lowest BCUT2D eigenvalue weighted by atomic mass is 10.1. The van der Waals surface area contributed by atoms with Crippen molar-refractivity contribution in [3.63, 3.8) is 0 Å². The van der Waals surface area contributed by atoms with Crippen molar-refractivity contribution >= 4 is 17.2 Å². The molecule has 0 atom stereocenters. The number of anilines is 1. The number of likely N-dealkylation sites (N-methyl/N-ethyl adjacent to an activating group) is 1. The van der Waals surface area contributed by atoms with E-state index in [0.717, 1.165) is 0 Å². The minimum Gasteiger partial charge on any atom is -0.398 e. The molecule has 0 amide bonds. The number of hydrogen-bond acceptors (Lipinski definition) is 5. The first-order chi connectivity index (χ1) is 7.41. The molecule has 0 saturated heterocycles. The molecule has 1 aromatic rings. The lowest BCUT2D eigenvalue weighted by molar-refractivity contribution is -0.384. The van der Waals surface area contributed by atoms with E-state index in [2.05, 4.69) is 0 Å². The van der Waals surface area contributed by atoms with Crippen molar-refractivity contribution < 1.29 is 9.72 Å². The summed E-state index contributed by atoms with van der Waals surface area (Å²) in [6.45, 7) is 0.172. The summed E-state index contributed by atoms with van der Waals surface area (Å²) >= 11 is 0. The van der Waals surface area contributed by atoms with Crippen LogP contribution in [0.15, 0.2) is 18.2 Å². The zero-order valence-electron chi connectivity index (χ0n) is 9.14. The van der Waals surface area contributed by atoms with E-state index in [4.69, 9.17) is 5.73 Å². The Hall–Kier alpha value is -1.95. The summed E-state index contributed by atoms with van der Waals surface area (Å²) in [6, 6.07) is 3.87. The number of nitrogens with zero attached hydrogens (tertiary/aromatic N) is 2. The Labute approximate surface area is 92.8 Å². The van der Waals surface area contributed by atoms with Gasteiger partial charge in [0.1, 0.15) is 0 Å². The quantitative estimate of drug-likeness (QED) is 0.355. The topological polar surface area (TPSA) is 89.5 Å². The first kappa shape index (κ1) is 12.1. The van der Waals surface area contributed by atoms with Crippen LogP contribution in [0.4, 0.5) is 11.4 Å². The first-order valence-corrected chi connectivity index (χ1v) is 4.63. The molecule has 0 aromatic heterocycles. The van der Waals surface area contributed by atoms with Gasteiger partial charge in [-0.3, -0.25) is 14.9 Å². The molecule has 0 fully saturated rings. The molecular formula is C10H13N3O3. The van der Waals surface area contributed by atoms with Gasteiger partial charge in [0.2, 0.25) is 0 Å². The van der Waals surface area contributed by atoms with E-state index in [0.29, 0.717) is 0 Å². The minimum absolute atomic E-state index is 0.128. The molecule has 0 aliphatic rings. The standard InChI is InChI=1S/C10H13N3O3/c1-12(2)6-10(14)8-5-7(13(15)16)3-4-9(8)11/h3-5H,6,11H2,1-2H3. The van der Waals surface area contributed by atoms with Crippen LogP contribution in [0.1, 0.15) is 10.4 Å². The number of carbonyl (C=O) groups is 1. The Kier molecular flexibility index (Phi) is 3.57. The van der Waals surface area contributed by atoms with Gasteiger partial charge in [-0.1, -0.05) is 0 Å². The summed E-state index contributed by atoms with van der Waals surface area (Å²) < 4.78 is 0. The van der Waals surface area contributed by atoms with Gasteiger partial charge in [0.25, 0.3) is 5.69 Å². The molecule has 6 nitrogen and oxygen atoms in total. The van der Waals surface area contributed by atoms with E-state index < -0.39 is 4.92 Å². The Morgan fingerprint density at radius 3 is 2.62 bits per heavy atom. The fourth-order valence-corrected chi connectivity index (χ4v) is 1.27. The third-order valence-corrected chi connectivity index (χ3v) is 2.01. The number of nitro groups is 1. The molecule has 1 aromatic carbocycles. The predicted octanol–water partition coefficient (Wildman–Crippen LogP) is 0.921. The van der Waals surface area contributed by atoms with Gasteiger partial charge in [-0.2, -0.15) is 0 Å². The van der Waals surface area contributed by atoms with E-state index in [1.54, 1.807) is 19.0 Å². The molecule has 0 spiro atoms. The Balaban J connectivity index is 3.07. The highest BCUT2D eigenvalue weighted by atomic mass is 16.6. The second kappa shape index (κ2) is 4.71. The third-order valence-electron chi connectivity index (χ3n) is 2.01. The fourth-order valence-electron chi connectivity index (χ4n) is 1.27. The number of nitrogens with two attached hydrogens (primary N) is 1. The van der Waals surface area contributed by atoms with Gasteiger partial charge in [-0.15, -0.1) is 0 Å². The minimum atomic E-state index is -0.550. The smallest absolute Gasteiger partial charge is 0.270 e. The van der Waals surface area contributed by atoms with Crippen LogP contribution in [0.3, 0.4) is 0 Å². The number of non-ortho nitro benzene ring substituents is 1. The average molecular weight is 223 g/mol. The molecule has 0 heterocycles. The van der Waals surface area contributed by atoms with Crippen molar-refractivity contribution in [1.29, 1.82) is 0 Å². The number of rotatable bonds is 4. The highest BCUT2D eigenvalue weighted by Gasteiger charge is 2.15. The molecule has 2 N–H and O–H groups in total. The van der Waals surface area contributed by atoms with Gasteiger partial charge in [0.05, 0.1) is 11.5 Å². The monoisotopic (exact) mass is 223 g/mol. The highest BCUT2D eigenvalue weighted by Crippen LogP contribution is 2.20. The van der Waals surface area contributed by atoms with Crippen molar-refractivity contribution in [3.05, 3.63) is 33.9 Å². The summed E-state index contributed by atoms with van der Waals surface area (Å²) in [5.74, 6) is -0.230. The van der Waals surface area contributed by atoms with Gasteiger partial charge in [-0.05, 0) is 20.2 Å². The molecule has 0 aliphatic heterocycles. The van der Waals surface area contributed by atoms with Crippen molar-refractivity contribution in [3.8, 4) is 0 Å². The predicted molar refractivity (Wildman–Crippen MR) is 60.4 cm³/mol. The van der Waals surface area contributed by atoms with Gasteiger partial charge >= 0.3 is 0 Å². The molecule has 0 aliphatic carbocycles. The third kappa shape index (κ3) is 2.77. The van der Waals surface area contributed by atoms with Crippen molar-refractivity contribution in [2.45, 2.75) is 0 Å². The maximum atomic E-state index is 11.7. The molecular weight excluding hydrogens is 210 g/mol. The van der Waals surface area contributed by atoms with Crippen molar-refractivity contribution in [2.24, 2.45) is 0 Å². The summed E-state index contributed by atoms with van der Waals surface area (Å²) in [5, 5.41) is 10.6. The molecule has 1 rings (SSSR count). The molecule has 6 heteroatoms. The number of benzene rings is 1. The van der Waals surface area contributed by atoms with Crippen molar-refractivity contribution in [2.75, 3.05) is 26.4 Å². The first-order valence-electron chi connectivity index (χ1n) is 4.63. The number of Topliss-reactive ketones (excluding diaryl/α,β-unsaturated/α-hetero) is 1. The second-order valence-corrected chi connectivity index (χ2v) is 3.69. The van der Waals surface area contributed by atoms with Gasteiger partial charge in [0.15, 0.2) is 5.78 Å². The van der Waals surface area contributed by atoms with E-state index in [9.17, 15) is 14.9 Å². The summed E-state index contributed by atoms with van der Waals surface area (Å²) in [5.41, 5.74) is 5.93. The number of ketones is 1. The summed E-state index contributed by atoms with van der Waals surface area (Å²) in [6.07, 6.45) is 0. The zero-order valence-corrected chi connectivity index (χ0v) is 9.14. The van der Waals surface area contributed by atoms with Crippen LogP contribution < -0.4 is 5.73 Å². The van der Waals surface area contributed by atoms with E-state index >= 15 is 0 Å². The molecule has 86 valence electrons. The lowest BCUT2D eigenvalue weighted by Gasteiger charge is -2.09. The zero-order chi connectivity index (χ0) is 12.3. The SMILES string of the molecule is CN(C)CC(=O)c1cc([N+](=O)[O-])ccc1N. The molecule has 16 heavy (non-hydrogen) atoms. The average Bonchev–Trinajstić information content (AvgIpc) is 2.16. The normalized spacial score (nSPS) is 10.4. The summed E-state index contributed by atoms with van der Waals surface area (Å²) in [7, 11) is 3.48. The van der Waals surface area contributed by atoms with Crippen LogP contribution in [0, 0.1) is 10.1 Å². The lowest BCUT2D eigenvalue weighted by Crippen LogP contribution is -2.22. The molecule has 0 bridgehead atoms. The molecule has 0 unspecified atom stereocenters. The number of hydrogen-bond donors (Lipinski definition) is 1. The fraction of sp³-hybridized carbons (Fsp3) is 0.300. The Bertz CT molecular complexity index is 429. The van der Waals surface area contributed by atoms with Gasteiger partial charge < -0.3 is 10.6 Å². The van der Waals surface area contributed by atoms with Crippen LogP contribution >= 0.6 is 0 Å². The van der Waals surface area contributed by atoms with Crippen LogP contribution in [0.5, 0.6) is 0 Å². The number of nitro benzene ring substituents is 1. The largest absolute Gasteiger partial charge is 0.398 e. The van der Waals surface area contributed by atoms with E-state index in [1.165, 1.54) is 18.2 Å². The van der Waals surface area contributed by atoms with Crippen LogP contribution in [-0.2, 0) is 0 Å². The van der Waals surface area contributed by atoms with Gasteiger partial charge in [0, 0.05) is 23.4 Å². The Morgan fingerprint density at radius 2 is 2.12 bits per heavy atom. The van der Waals surface area contributed by atoms with Crippen LogP contribution in [-0.4, -0.2) is 36.2 Å². The summed E-state index contributed by atoms with van der Waals surface area (Å²) in [4.78, 5) is 23.4. The molecule has 0 radical (unpaired) electrons. The number of nitrogen functional groups attached to an aromatic ring is 1. The molecule has 0 saturated carbocycles. The van der Waals surface area contributed by atoms with Gasteiger partial charge in [-0.25, -0.2) is 0 Å². The van der Waals surface area contributed by atoms with E-state index in [1.807, 2.05) is 0 Å².